The van der Waals surface area contributed by atoms with E-state index < -0.39 is 0 Å². The minimum Gasteiger partial charge on any atom is -0.496 e. The monoisotopic (exact) mass is 278 g/mol. The first-order chi connectivity index (χ1) is 9.17. The van der Waals surface area contributed by atoms with Crippen molar-refractivity contribution in [1.82, 2.24) is 0 Å². The van der Waals surface area contributed by atoms with Crippen LogP contribution < -0.4 is 4.74 Å². The number of carbonyl (C=O) groups is 1. The summed E-state index contributed by atoms with van der Waals surface area (Å²) < 4.78 is 5.31. The number of Topliss-reactive ketones (excluding diaryl/α,β-unsaturated/α-hetero) is 1. The van der Waals surface area contributed by atoms with Crippen molar-refractivity contribution in [3.8, 4) is 5.75 Å². The van der Waals surface area contributed by atoms with Crippen molar-refractivity contribution in [3.63, 3.8) is 0 Å². The number of hydrogen-bond donors (Lipinski definition) is 0. The van der Waals surface area contributed by atoms with E-state index in [1.165, 1.54) is 19.3 Å². The molecular formula is C16H19ClO2. The molecule has 102 valence electrons. The van der Waals surface area contributed by atoms with Crippen molar-refractivity contribution in [3.05, 3.63) is 28.8 Å². The lowest BCUT2D eigenvalue weighted by Gasteiger charge is -2.20. The summed E-state index contributed by atoms with van der Waals surface area (Å²) in [6.07, 6.45) is 5.40. The second kappa shape index (κ2) is 5.16. The van der Waals surface area contributed by atoms with Gasteiger partial charge in [-0.2, -0.15) is 0 Å². The van der Waals surface area contributed by atoms with Gasteiger partial charge in [0, 0.05) is 22.9 Å². The van der Waals surface area contributed by atoms with Gasteiger partial charge < -0.3 is 4.74 Å². The first kappa shape index (κ1) is 13.0. The zero-order valence-corrected chi connectivity index (χ0v) is 12.0. The maximum Gasteiger partial charge on any atom is 0.140 e. The summed E-state index contributed by atoms with van der Waals surface area (Å²) in [5.41, 5.74) is 0.919. The van der Waals surface area contributed by atoms with Crippen LogP contribution in [0.15, 0.2) is 18.2 Å². The molecule has 0 heterocycles. The van der Waals surface area contributed by atoms with Crippen LogP contribution in [0.5, 0.6) is 5.75 Å². The molecule has 0 spiro atoms. The van der Waals surface area contributed by atoms with Crippen molar-refractivity contribution >= 4 is 17.4 Å². The Morgan fingerprint density at radius 2 is 2.21 bits per heavy atom. The third-order valence-electron chi connectivity index (χ3n) is 4.76. The van der Waals surface area contributed by atoms with Crippen LogP contribution in [-0.4, -0.2) is 12.9 Å². The summed E-state index contributed by atoms with van der Waals surface area (Å²) in [7, 11) is 1.63. The summed E-state index contributed by atoms with van der Waals surface area (Å²) in [6, 6.07) is 5.49. The highest BCUT2D eigenvalue weighted by Gasteiger charge is 2.42. The molecule has 0 amide bonds. The molecule has 0 radical (unpaired) electrons. The minimum absolute atomic E-state index is 0.280. The fourth-order valence-corrected chi connectivity index (χ4v) is 4.04. The van der Waals surface area contributed by atoms with E-state index in [2.05, 4.69) is 0 Å². The molecule has 3 heteroatoms. The summed E-state index contributed by atoms with van der Waals surface area (Å²) >= 11 is 6.01. The number of carbonyl (C=O) groups excluding carboxylic acids is 1. The molecule has 2 fully saturated rings. The van der Waals surface area contributed by atoms with Crippen LogP contribution in [0.25, 0.3) is 0 Å². The lowest BCUT2D eigenvalue weighted by Crippen LogP contribution is -2.22. The van der Waals surface area contributed by atoms with Crippen LogP contribution >= 0.6 is 11.6 Å². The SMILES string of the molecule is COc1ccc(Cl)cc1CC(=O)C1CC2CCC1C2. The Balaban J connectivity index is 1.74. The van der Waals surface area contributed by atoms with Crippen LogP contribution in [0.3, 0.4) is 0 Å². The van der Waals surface area contributed by atoms with Crippen LogP contribution in [-0.2, 0) is 11.2 Å². The number of fused-ring (bicyclic) bond motifs is 2. The normalized spacial score (nSPS) is 28.6. The second-order valence-corrected chi connectivity index (χ2v) is 6.32. The average Bonchev–Trinajstić information content (AvgIpc) is 3.01. The Hall–Kier alpha value is -1.02. The maximum atomic E-state index is 12.5. The first-order valence-electron chi connectivity index (χ1n) is 7.02. The first-order valence-corrected chi connectivity index (χ1v) is 7.40. The van der Waals surface area contributed by atoms with Gasteiger partial charge in [0.2, 0.25) is 0 Å². The molecule has 2 bridgehead atoms. The molecule has 1 aromatic rings. The Bertz CT molecular complexity index is 498. The number of halogens is 1. The lowest BCUT2D eigenvalue weighted by atomic mass is 9.83. The molecule has 2 saturated carbocycles. The Morgan fingerprint density at radius 1 is 1.37 bits per heavy atom. The van der Waals surface area contributed by atoms with Gasteiger partial charge in [0.15, 0.2) is 0 Å². The van der Waals surface area contributed by atoms with Crippen LogP contribution in [0.4, 0.5) is 0 Å². The Labute approximate surface area is 119 Å². The van der Waals surface area contributed by atoms with Gasteiger partial charge >= 0.3 is 0 Å². The molecule has 0 aliphatic heterocycles. The number of rotatable bonds is 4. The quantitative estimate of drug-likeness (QED) is 0.835. The van der Waals surface area contributed by atoms with Gasteiger partial charge in [0.1, 0.15) is 11.5 Å². The molecule has 3 atom stereocenters. The van der Waals surface area contributed by atoms with Crippen molar-refractivity contribution in [2.24, 2.45) is 17.8 Å². The summed E-state index contributed by atoms with van der Waals surface area (Å²) in [5.74, 6) is 2.86. The predicted octanol–water partition coefficient (Wildman–Crippen LogP) is 3.90. The molecule has 0 N–H and O–H groups in total. The number of benzene rings is 1. The van der Waals surface area contributed by atoms with Gasteiger partial charge in [-0.3, -0.25) is 4.79 Å². The molecule has 2 aliphatic rings. The van der Waals surface area contributed by atoms with Crippen LogP contribution in [0, 0.1) is 17.8 Å². The van der Waals surface area contributed by atoms with E-state index >= 15 is 0 Å². The van der Waals surface area contributed by atoms with E-state index in [-0.39, 0.29) is 5.92 Å². The molecule has 19 heavy (non-hydrogen) atoms. The molecule has 3 rings (SSSR count). The highest BCUT2D eigenvalue weighted by atomic mass is 35.5. The van der Waals surface area contributed by atoms with Gasteiger partial charge in [-0.25, -0.2) is 0 Å². The van der Waals surface area contributed by atoms with Crippen molar-refractivity contribution in [2.75, 3.05) is 7.11 Å². The second-order valence-electron chi connectivity index (χ2n) is 5.88. The topological polar surface area (TPSA) is 26.3 Å². The fraction of sp³-hybridized carbons (Fsp3) is 0.562. The smallest absolute Gasteiger partial charge is 0.140 e. The Kier molecular flexibility index (Phi) is 3.53. The van der Waals surface area contributed by atoms with E-state index in [1.54, 1.807) is 13.2 Å². The third-order valence-corrected chi connectivity index (χ3v) is 4.99. The zero-order valence-electron chi connectivity index (χ0n) is 11.2. The highest BCUT2D eigenvalue weighted by molar-refractivity contribution is 6.30. The van der Waals surface area contributed by atoms with E-state index in [1.807, 2.05) is 12.1 Å². The fourth-order valence-electron chi connectivity index (χ4n) is 3.84. The van der Waals surface area contributed by atoms with Crippen molar-refractivity contribution in [1.29, 1.82) is 0 Å². The number of ketones is 1. The lowest BCUT2D eigenvalue weighted by molar-refractivity contribution is -0.123. The van der Waals surface area contributed by atoms with Crippen LogP contribution in [0.1, 0.15) is 31.2 Å². The van der Waals surface area contributed by atoms with E-state index in [0.717, 1.165) is 23.7 Å². The largest absolute Gasteiger partial charge is 0.496 e. The van der Waals surface area contributed by atoms with Crippen molar-refractivity contribution in [2.45, 2.75) is 32.1 Å². The summed E-state index contributed by atoms with van der Waals surface area (Å²) in [5, 5.41) is 0.663. The minimum atomic E-state index is 0.280. The molecule has 2 nitrogen and oxygen atoms in total. The number of ether oxygens (including phenoxy) is 1. The number of methoxy groups -OCH3 is 1. The predicted molar refractivity (Wildman–Crippen MR) is 75.7 cm³/mol. The molecule has 3 unspecified atom stereocenters. The summed E-state index contributed by atoms with van der Waals surface area (Å²) in [6.45, 7) is 0. The molecule has 2 aliphatic carbocycles. The molecular weight excluding hydrogens is 260 g/mol. The van der Waals surface area contributed by atoms with Gasteiger partial charge in [-0.15, -0.1) is 0 Å². The molecule has 0 aromatic heterocycles. The van der Waals surface area contributed by atoms with Gasteiger partial charge in [0.05, 0.1) is 7.11 Å². The molecule has 1 aromatic carbocycles. The van der Waals surface area contributed by atoms with E-state index in [0.29, 0.717) is 23.1 Å². The van der Waals surface area contributed by atoms with E-state index in [4.69, 9.17) is 16.3 Å². The van der Waals surface area contributed by atoms with Gasteiger partial charge in [-0.05, 0) is 49.3 Å². The van der Waals surface area contributed by atoms with E-state index in [9.17, 15) is 4.79 Å². The maximum absolute atomic E-state index is 12.5. The van der Waals surface area contributed by atoms with Gasteiger partial charge in [-0.1, -0.05) is 18.0 Å². The third kappa shape index (κ3) is 2.51. The molecule has 0 saturated heterocycles. The van der Waals surface area contributed by atoms with Crippen molar-refractivity contribution < 1.29 is 9.53 Å². The number of hydrogen-bond acceptors (Lipinski definition) is 2. The standard InChI is InChI=1S/C16H19ClO2/c1-19-16-5-4-13(17)8-12(16)9-15(18)14-7-10-2-3-11(14)6-10/h4-5,8,10-11,14H,2-3,6-7,9H2,1H3. The van der Waals surface area contributed by atoms with Crippen LogP contribution in [0.2, 0.25) is 5.02 Å². The Morgan fingerprint density at radius 3 is 2.84 bits per heavy atom. The highest BCUT2D eigenvalue weighted by Crippen LogP contribution is 2.49. The van der Waals surface area contributed by atoms with Gasteiger partial charge in [0.25, 0.3) is 0 Å². The average molecular weight is 279 g/mol. The zero-order chi connectivity index (χ0) is 13.4. The summed E-state index contributed by atoms with van der Waals surface area (Å²) in [4.78, 5) is 12.5.